The van der Waals surface area contributed by atoms with E-state index in [0.29, 0.717) is 12.1 Å². The summed E-state index contributed by atoms with van der Waals surface area (Å²) in [5.74, 6) is -4.12. The lowest BCUT2D eigenvalue weighted by molar-refractivity contribution is 0.0692. The van der Waals surface area contributed by atoms with E-state index in [1.807, 2.05) is 4.72 Å². The first-order valence-corrected chi connectivity index (χ1v) is 6.25. The lowest BCUT2D eigenvalue weighted by atomic mass is 10.2. The van der Waals surface area contributed by atoms with Crippen LogP contribution in [0.15, 0.2) is 12.1 Å². The van der Waals surface area contributed by atoms with Gasteiger partial charge < -0.3 is 5.11 Å². The molecule has 0 aliphatic carbocycles. The van der Waals surface area contributed by atoms with Crippen LogP contribution in [-0.2, 0) is 10.2 Å². The Hall–Kier alpha value is -1.74. The second-order valence-corrected chi connectivity index (χ2v) is 4.72. The van der Waals surface area contributed by atoms with Gasteiger partial charge in [-0.05, 0) is 6.07 Å². The van der Waals surface area contributed by atoms with Crippen LogP contribution >= 0.6 is 0 Å². The normalized spacial score (nSPS) is 11.3. The molecule has 9 heteroatoms. The molecule has 18 heavy (non-hydrogen) atoms. The van der Waals surface area contributed by atoms with Gasteiger partial charge in [-0.1, -0.05) is 6.92 Å². The van der Waals surface area contributed by atoms with Gasteiger partial charge in [0.2, 0.25) is 0 Å². The lowest BCUT2D eigenvalue weighted by Gasteiger charge is -2.09. The molecule has 3 N–H and O–H groups in total. The van der Waals surface area contributed by atoms with E-state index in [0.717, 1.165) is 0 Å². The molecule has 0 amide bonds. The van der Waals surface area contributed by atoms with Crippen molar-refractivity contribution in [2.75, 3.05) is 11.3 Å². The number of anilines is 1. The zero-order valence-corrected chi connectivity index (χ0v) is 10.0. The molecule has 1 aromatic carbocycles. The third kappa shape index (κ3) is 3.37. The van der Waals surface area contributed by atoms with E-state index in [-0.39, 0.29) is 6.54 Å². The van der Waals surface area contributed by atoms with Crippen molar-refractivity contribution in [2.24, 2.45) is 0 Å². The second kappa shape index (κ2) is 5.27. The first-order chi connectivity index (χ1) is 8.26. The SMILES string of the molecule is CCNS(=O)(=O)Nc1cc(C(=O)O)c(F)cc1F. The minimum atomic E-state index is -4.02. The van der Waals surface area contributed by atoms with Crippen molar-refractivity contribution in [3.63, 3.8) is 0 Å². The van der Waals surface area contributed by atoms with Gasteiger partial charge in [-0.15, -0.1) is 0 Å². The molecule has 0 aliphatic rings. The molecular formula is C9H10F2N2O4S. The third-order valence-electron chi connectivity index (χ3n) is 1.87. The number of rotatable bonds is 5. The van der Waals surface area contributed by atoms with E-state index >= 15 is 0 Å². The number of hydrogen-bond donors (Lipinski definition) is 3. The molecule has 0 fully saturated rings. The van der Waals surface area contributed by atoms with Crippen LogP contribution in [0, 0.1) is 11.6 Å². The predicted octanol–water partition coefficient (Wildman–Crippen LogP) is 0.929. The summed E-state index contributed by atoms with van der Waals surface area (Å²) < 4.78 is 52.7. The molecule has 0 atom stereocenters. The van der Waals surface area contributed by atoms with Crippen molar-refractivity contribution in [1.82, 2.24) is 4.72 Å². The molecule has 1 aromatic rings. The molecule has 1 rings (SSSR count). The van der Waals surface area contributed by atoms with Crippen LogP contribution < -0.4 is 9.44 Å². The van der Waals surface area contributed by atoms with Crippen LogP contribution in [0.1, 0.15) is 17.3 Å². The molecule has 0 radical (unpaired) electrons. The summed E-state index contributed by atoms with van der Waals surface area (Å²) >= 11 is 0. The summed E-state index contributed by atoms with van der Waals surface area (Å²) in [4.78, 5) is 10.6. The van der Waals surface area contributed by atoms with Gasteiger partial charge >= 0.3 is 5.97 Å². The second-order valence-electron chi connectivity index (χ2n) is 3.22. The molecular weight excluding hydrogens is 270 g/mol. The molecule has 0 saturated heterocycles. The van der Waals surface area contributed by atoms with Crippen LogP contribution in [0.4, 0.5) is 14.5 Å². The largest absolute Gasteiger partial charge is 0.478 e. The van der Waals surface area contributed by atoms with E-state index in [2.05, 4.69) is 0 Å². The van der Waals surface area contributed by atoms with Crippen LogP contribution in [0.25, 0.3) is 0 Å². The van der Waals surface area contributed by atoms with E-state index < -0.39 is 39.1 Å². The Labute approximate surface area is 102 Å². The third-order valence-corrected chi connectivity index (χ3v) is 3.02. The predicted molar refractivity (Wildman–Crippen MR) is 59.5 cm³/mol. The van der Waals surface area contributed by atoms with Crippen molar-refractivity contribution in [2.45, 2.75) is 6.92 Å². The van der Waals surface area contributed by atoms with Gasteiger partial charge in [-0.25, -0.2) is 13.6 Å². The van der Waals surface area contributed by atoms with E-state index in [9.17, 15) is 22.0 Å². The molecule has 0 unspecified atom stereocenters. The van der Waals surface area contributed by atoms with Crippen LogP contribution in [-0.4, -0.2) is 26.0 Å². The Morgan fingerprint density at radius 3 is 2.44 bits per heavy atom. The van der Waals surface area contributed by atoms with Crippen molar-refractivity contribution in [3.8, 4) is 0 Å². The fourth-order valence-electron chi connectivity index (χ4n) is 1.16. The Bertz CT molecular complexity index is 574. The van der Waals surface area contributed by atoms with E-state index in [1.165, 1.54) is 6.92 Å². The number of halogens is 2. The minimum absolute atomic E-state index is 0.0595. The summed E-state index contributed by atoms with van der Waals surface area (Å²) in [7, 11) is -4.02. The fourth-order valence-corrected chi connectivity index (χ4v) is 2.06. The number of carboxylic acid groups (broad SMARTS) is 1. The van der Waals surface area contributed by atoms with E-state index in [1.54, 1.807) is 4.72 Å². The van der Waals surface area contributed by atoms with Gasteiger partial charge in [0.05, 0.1) is 11.3 Å². The quantitative estimate of drug-likeness (QED) is 0.747. The standard InChI is InChI=1S/C9H10F2N2O4S/c1-2-12-18(16,17)13-8-3-5(9(14)15)6(10)4-7(8)11/h3-4,12-13H,2H2,1H3,(H,14,15). The Morgan fingerprint density at radius 1 is 1.33 bits per heavy atom. The topological polar surface area (TPSA) is 95.5 Å². The lowest BCUT2D eigenvalue weighted by Crippen LogP contribution is -2.30. The highest BCUT2D eigenvalue weighted by atomic mass is 32.2. The summed E-state index contributed by atoms with van der Waals surface area (Å²) in [6.45, 7) is 1.56. The number of carboxylic acids is 1. The Morgan fingerprint density at radius 2 is 1.94 bits per heavy atom. The molecule has 0 bridgehead atoms. The zero-order chi connectivity index (χ0) is 13.9. The van der Waals surface area contributed by atoms with Crippen molar-refractivity contribution < 1.29 is 27.1 Å². The number of aromatic carboxylic acids is 1. The first kappa shape index (κ1) is 14.3. The van der Waals surface area contributed by atoms with Crippen molar-refractivity contribution >= 4 is 21.9 Å². The maximum absolute atomic E-state index is 13.3. The summed E-state index contributed by atoms with van der Waals surface area (Å²) in [6, 6.07) is 0.870. The van der Waals surface area contributed by atoms with E-state index in [4.69, 9.17) is 5.11 Å². The highest BCUT2D eigenvalue weighted by Gasteiger charge is 2.18. The molecule has 0 aliphatic heterocycles. The molecule has 0 heterocycles. The highest BCUT2D eigenvalue weighted by Crippen LogP contribution is 2.20. The van der Waals surface area contributed by atoms with Gasteiger partial charge in [0.1, 0.15) is 11.6 Å². The van der Waals surface area contributed by atoms with Crippen molar-refractivity contribution in [3.05, 3.63) is 29.3 Å². The minimum Gasteiger partial charge on any atom is -0.478 e. The molecule has 100 valence electrons. The molecule has 0 aromatic heterocycles. The number of hydrogen-bond acceptors (Lipinski definition) is 3. The van der Waals surface area contributed by atoms with Gasteiger partial charge in [0.25, 0.3) is 10.2 Å². The Balaban J connectivity index is 3.18. The van der Waals surface area contributed by atoms with Gasteiger partial charge in [-0.3, -0.25) is 4.72 Å². The van der Waals surface area contributed by atoms with Gasteiger partial charge in [0.15, 0.2) is 0 Å². The van der Waals surface area contributed by atoms with Gasteiger partial charge in [-0.2, -0.15) is 13.1 Å². The zero-order valence-electron chi connectivity index (χ0n) is 9.20. The Kier molecular flexibility index (Phi) is 4.19. The monoisotopic (exact) mass is 280 g/mol. The maximum atomic E-state index is 13.3. The van der Waals surface area contributed by atoms with Gasteiger partial charge in [0, 0.05) is 12.6 Å². The number of benzene rings is 1. The van der Waals surface area contributed by atoms with Crippen LogP contribution in [0.2, 0.25) is 0 Å². The summed E-state index contributed by atoms with van der Waals surface area (Å²) in [5.41, 5.74) is -1.47. The van der Waals surface area contributed by atoms with Crippen LogP contribution in [0.5, 0.6) is 0 Å². The fraction of sp³-hybridized carbons (Fsp3) is 0.222. The summed E-state index contributed by atoms with van der Waals surface area (Å²) in [5, 5.41) is 8.63. The maximum Gasteiger partial charge on any atom is 0.338 e. The molecule has 6 nitrogen and oxygen atoms in total. The average molecular weight is 280 g/mol. The molecule has 0 saturated carbocycles. The average Bonchev–Trinajstić information content (AvgIpc) is 2.21. The first-order valence-electron chi connectivity index (χ1n) is 4.76. The number of nitrogens with one attached hydrogen (secondary N) is 2. The number of carbonyl (C=O) groups is 1. The van der Waals surface area contributed by atoms with Crippen molar-refractivity contribution in [1.29, 1.82) is 0 Å². The summed E-state index contributed by atoms with van der Waals surface area (Å²) in [6.07, 6.45) is 0. The molecule has 0 spiro atoms. The highest BCUT2D eigenvalue weighted by molar-refractivity contribution is 7.90. The van der Waals surface area contributed by atoms with Crippen LogP contribution in [0.3, 0.4) is 0 Å². The smallest absolute Gasteiger partial charge is 0.338 e.